The molecule has 0 spiro atoms. The van der Waals surface area contributed by atoms with Crippen LogP contribution >= 0.6 is 16.1 Å². The van der Waals surface area contributed by atoms with E-state index >= 15 is 0 Å². The highest BCUT2D eigenvalue weighted by atomic mass is 79.9. The zero-order valence-electron chi connectivity index (χ0n) is 10.5. The van der Waals surface area contributed by atoms with Crippen molar-refractivity contribution < 1.29 is 4.79 Å². The van der Waals surface area contributed by atoms with Gasteiger partial charge < -0.3 is 5.32 Å². The van der Waals surface area contributed by atoms with Crippen LogP contribution in [0.15, 0.2) is 30.5 Å². The Morgan fingerprint density at radius 3 is 2.61 bits per heavy atom. The molecule has 0 aliphatic carbocycles. The summed E-state index contributed by atoms with van der Waals surface area (Å²) in [5.74, 6) is -0.0246. The molecule has 1 aliphatic rings. The molecule has 1 amide bonds. The van der Waals surface area contributed by atoms with Gasteiger partial charge in [0, 0.05) is 34.6 Å². The van der Waals surface area contributed by atoms with Gasteiger partial charge in [0.2, 0.25) is 5.91 Å². The van der Waals surface area contributed by atoms with E-state index in [9.17, 15) is 4.79 Å². The quantitative estimate of drug-likeness (QED) is 0.872. The fraction of sp³-hybridized carbons (Fsp3) is 0.308. The molecule has 0 bridgehead atoms. The van der Waals surface area contributed by atoms with Gasteiger partial charge in [-0.1, -0.05) is 24.3 Å². The predicted octanol–water partition coefficient (Wildman–Crippen LogP) is 2.60. The summed E-state index contributed by atoms with van der Waals surface area (Å²) < 4.78 is 1.82. The van der Waals surface area contributed by atoms with E-state index in [0.717, 1.165) is 23.4 Å². The summed E-state index contributed by atoms with van der Waals surface area (Å²) in [6.07, 6.45) is 3.88. The number of aryl methyl sites for hydroxylation is 2. The molecule has 5 heteroatoms. The maximum Gasteiger partial charge on any atom is 0.245 e. The van der Waals surface area contributed by atoms with Crippen LogP contribution in [0, 0.1) is 13.8 Å². The number of amides is 1. The van der Waals surface area contributed by atoms with Gasteiger partial charge in [-0.05, 0) is 25.0 Å². The average molecular weight is 310 g/mol. The molecule has 0 unspecified atom stereocenters. The van der Waals surface area contributed by atoms with Crippen molar-refractivity contribution in [3.8, 4) is 0 Å². The molecule has 0 radical (unpaired) electrons. The topological polar surface area (TPSA) is 35.6 Å². The Morgan fingerprint density at radius 1 is 1.39 bits per heavy atom. The Morgan fingerprint density at radius 2 is 2.06 bits per heavy atom. The Labute approximate surface area is 116 Å². The summed E-state index contributed by atoms with van der Waals surface area (Å²) in [6.45, 7) is 5.07. The number of hydrazine groups is 1. The Balaban J connectivity index is 2.01. The second-order valence-corrected chi connectivity index (χ2v) is 5.14. The molecule has 0 fully saturated rings. The van der Waals surface area contributed by atoms with Crippen LogP contribution in [0.1, 0.15) is 11.1 Å². The summed E-state index contributed by atoms with van der Waals surface area (Å²) in [5, 5.41) is 4.79. The molecule has 2 rings (SSSR count). The van der Waals surface area contributed by atoms with Gasteiger partial charge in [-0.2, -0.15) is 4.03 Å². The van der Waals surface area contributed by atoms with E-state index in [4.69, 9.17) is 0 Å². The zero-order valence-corrected chi connectivity index (χ0v) is 12.1. The summed E-state index contributed by atoms with van der Waals surface area (Å²) >= 11 is 3.36. The smallest absolute Gasteiger partial charge is 0.245 e. The molecule has 0 atom stereocenters. The molecule has 1 aliphatic heterocycles. The number of hydrogen-bond acceptors (Lipinski definition) is 3. The lowest BCUT2D eigenvalue weighted by Crippen LogP contribution is -2.34. The number of anilines is 1. The average Bonchev–Trinajstić information content (AvgIpc) is 2.70. The van der Waals surface area contributed by atoms with Crippen molar-refractivity contribution in [1.82, 2.24) is 9.04 Å². The number of halogens is 1. The molecule has 1 aromatic carbocycles. The number of carbonyl (C=O) groups is 1. The summed E-state index contributed by atoms with van der Waals surface area (Å²) in [7, 11) is 0. The van der Waals surface area contributed by atoms with Gasteiger partial charge in [0.25, 0.3) is 0 Å². The number of hydrogen-bond donors (Lipinski definition) is 1. The van der Waals surface area contributed by atoms with Gasteiger partial charge in [-0.25, -0.2) is 0 Å². The lowest BCUT2D eigenvalue weighted by Gasteiger charge is -2.22. The highest BCUT2D eigenvalue weighted by Gasteiger charge is 2.17. The molecule has 96 valence electrons. The molecule has 0 saturated heterocycles. The van der Waals surface area contributed by atoms with Crippen molar-refractivity contribution in [2.45, 2.75) is 13.8 Å². The van der Waals surface area contributed by atoms with Crippen LogP contribution in [-0.4, -0.2) is 28.0 Å². The number of para-hydroxylation sites is 1. The van der Waals surface area contributed by atoms with Crippen LogP contribution in [0.5, 0.6) is 0 Å². The molecule has 1 heterocycles. The normalized spacial score (nSPS) is 15.2. The number of rotatable bonds is 3. The summed E-state index contributed by atoms with van der Waals surface area (Å²) in [6, 6.07) is 5.98. The van der Waals surface area contributed by atoms with Crippen molar-refractivity contribution in [2.24, 2.45) is 0 Å². The number of nitrogens with zero attached hydrogens (tertiary/aromatic N) is 2. The first-order chi connectivity index (χ1) is 8.58. The van der Waals surface area contributed by atoms with Crippen LogP contribution in [0.2, 0.25) is 0 Å². The van der Waals surface area contributed by atoms with E-state index in [0.29, 0.717) is 6.54 Å². The van der Waals surface area contributed by atoms with Gasteiger partial charge in [0.05, 0.1) is 0 Å². The zero-order chi connectivity index (χ0) is 13.1. The molecular formula is C13H16BrN3O. The standard InChI is InChI=1S/C13H16BrN3O/c1-10-5-3-6-11(2)13(10)15-12(18)9-16-7-4-8-17(16)14/h3-7H,8-9H2,1-2H3,(H,15,18). The second kappa shape index (κ2) is 5.54. The minimum Gasteiger partial charge on any atom is -0.324 e. The monoisotopic (exact) mass is 309 g/mol. The first kappa shape index (κ1) is 13.1. The Kier molecular flexibility index (Phi) is 4.04. The number of nitrogens with one attached hydrogen (secondary N) is 1. The fourth-order valence-electron chi connectivity index (χ4n) is 1.90. The van der Waals surface area contributed by atoms with Crippen molar-refractivity contribution in [1.29, 1.82) is 0 Å². The van der Waals surface area contributed by atoms with Crippen LogP contribution in [0.3, 0.4) is 0 Å². The minimum atomic E-state index is -0.0246. The first-order valence-corrected chi connectivity index (χ1v) is 6.51. The van der Waals surface area contributed by atoms with Gasteiger partial charge in [0.1, 0.15) is 6.54 Å². The van der Waals surface area contributed by atoms with Crippen LogP contribution < -0.4 is 5.32 Å². The van der Waals surface area contributed by atoms with Crippen molar-refractivity contribution in [3.05, 3.63) is 41.6 Å². The molecule has 4 nitrogen and oxygen atoms in total. The third-order valence-corrected chi connectivity index (χ3v) is 3.56. The minimum absolute atomic E-state index is 0.0246. The van der Waals surface area contributed by atoms with Crippen LogP contribution in [0.4, 0.5) is 5.69 Å². The SMILES string of the molecule is Cc1cccc(C)c1NC(=O)CN1C=CCN1Br. The maximum absolute atomic E-state index is 12.0. The molecule has 0 aromatic heterocycles. The fourth-order valence-corrected chi connectivity index (χ4v) is 2.29. The van der Waals surface area contributed by atoms with E-state index in [1.807, 2.05) is 53.4 Å². The molecule has 1 N–H and O–H groups in total. The van der Waals surface area contributed by atoms with E-state index in [1.54, 1.807) is 0 Å². The maximum atomic E-state index is 12.0. The third-order valence-electron chi connectivity index (χ3n) is 2.86. The van der Waals surface area contributed by atoms with Gasteiger partial charge in [0.15, 0.2) is 0 Å². The lowest BCUT2D eigenvalue weighted by molar-refractivity contribution is -0.118. The lowest BCUT2D eigenvalue weighted by atomic mass is 10.1. The largest absolute Gasteiger partial charge is 0.324 e. The second-order valence-electron chi connectivity index (χ2n) is 4.32. The molecule has 0 saturated carbocycles. The molecular weight excluding hydrogens is 294 g/mol. The van der Waals surface area contributed by atoms with Gasteiger partial charge in [-0.3, -0.25) is 9.80 Å². The number of carbonyl (C=O) groups excluding carboxylic acids is 1. The van der Waals surface area contributed by atoms with Crippen molar-refractivity contribution >= 4 is 27.7 Å². The highest BCUT2D eigenvalue weighted by Crippen LogP contribution is 2.19. The van der Waals surface area contributed by atoms with E-state index in [-0.39, 0.29) is 5.91 Å². The summed E-state index contributed by atoms with van der Waals surface area (Å²) in [4.78, 5) is 12.0. The third kappa shape index (κ3) is 2.91. The molecule has 18 heavy (non-hydrogen) atoms. The van der Waals surface area contributed by atoms with Crippen LogP contribution in [-0.2, 0) is 4.79 Å². The summed E-state index contributed by atoms with van der Waals surface area (Å²) in [5.41, 5.74) is 3.07. The molecule has 1 aromatic rings. The number of benzene rings is 1. The van der Waals surface area contributed by atoms with Crippen molar-refractivity contribution in [3.63, 3.8) is 0 Å². The highest BCUT2D eigenvalue weighted by molar-refractivity contribution is 9.07. The Bertz CT molecular complexity index is 467. The predicted molar refractivity (Wildman–Crippen MR) is 76.0 cm³/mol. The van der Waals surface area contributed by atoms with Gasteiger partial charge in [-0.15, -0.1) is 0 Å². The first-order valence-electron chi connectivity index (χ1n) is 5.80. The van der Waals surface area contributed by atoms with E-state index in [1.165, 1.54) is 0 Å². The Hall–Kier alpha value is -1.33. The van der Waals surface area contributed by atoms with Gasteiger partial charge >= 0.3 is 0 Å². The van der Waals surface area contributed by atoms with Crippen LogP contribution in [0.25, 0.3) is 0 Å². The van der Waals surface area contributed by atoms with E-state index in [2.05, 4.69) is 21.5 Å². The van der Waals surface area contributed by atoms with Crippen molar-refractivity contribution in [2.75, 3.05) is 18.4 Å². The van der Waals surface area contributed by atoms with E-state index < -0.39 is 0 Å².